The van der Waals surface area contributed by atoms with E-state index in [0.717, 1.165) is 17.2 Å². The molecule has 1 aliphatic carbocycles. The second kappa shape index (κ2) is 6.61. The second-order valence-corrected chi connectivity index (χ2v) is 10.8. The zero-order valence-electron chi connectivity index (χ0n) is 18.3. The Hall–Kier alpha value is -2.78. The van der Waals surface area contributed by atoms with Crippen molar-refractivity contribution in [1.29, 1.82) is 0 Å². The summed E-state index contributed by atoms with van der Waals surface area (Å²) in [7, 11) is 0. The molecule has 2 aliphatic rings. The van der Waals surface area contributed by atoms with Gasteiger partial charge in [-0.25, -0.2) is 0 Å². The number of thioether (sulfide) groups is 1. The lowest BCUT2D eigenvalue weighted by atomic mass is 9.81. The molecule has 1 aliphatic heterocycles. The molecule has 0 spiro atoms. The van der Waals surface area contributed by atoms with E-state index >= 15 is 0 Å². The van der Waals surface area contributed by atoms with Crippen molar-refractivity contribution in [2.75, 3.05) is 0 Å². The number of aryl methyl sites for hydroxylation is 1. The van der Waals surface area contributed by atoms with E-state index in [4.69, 9.17) is 9.40 Å². The number of hydrogen-bond donors (Lipinski definition) is 0. The van der Waals surface area contributed by atoms with Crippen LogP contribution in [0.4, 0.5) is 0 Å². The van der Waals surface area contributed by atoms with Gasteiger partial charge in [0, 0.05) is 33.7 Å². The summed E-state index contributed by atoms with van der Waals surface area (Å²) >= 11 is 1.91. The zero-order chi connectivity index (χ0) is 21.3. The highest BCUT2D eigenvalue weighted by molar-refractivity contribution is 8.00. The third kappa shape index (κ3) is 2.90. The lowest BCUT2D eigenvalue weighted by Gasteiger charge is -2.24. The van der Waals surface area contributed by atoms with Gasteiger partial charge < -0.3 is 4.42 Å². The fraction of sp³-hybridized carbons (Fsp3) is 0.250. The molecule has 4 aromatic rings. The monoisotopic (exact) mass is 423 g/mol. The molecule has 2 nitrogen and oxygen atoms in total. The van der Waals surface area contributed by atoms with Crippen molar-refractivity contribution in [2.45, 2.75) is 49.2 Å². The van der Waals surface area contributed by atoms with Gasteiger partial charge in [0.1, 0.15) is 11.5 Å². The molecular formula is C28H25NOS. The summed E-state index contributed by atoms with van der Waals surface area (Å²) in [6.07, 6.45) is 6.53. The molecule has 154 valence electrons. The van der Waals surface area contributed by atoms with Crippen LogP contribution in [0, 0.1) is 6.92 Å². The first-order valence-electron chi connectivity index (χ1n) is 10.9. The summed E-state index contributed by atoms with van der Waals surface area (Å²) in [6, 6.07) is 17.7. The van der Waals surface area contributed by atoms with E-state index in [2.05, 4.69) is 81.5 Å². The Morgan fingerprint density at radius 3 is 2.71 bits per heavy atom. The van der Waals surface area contributed by atoms with E-state index in [1.165, 1.54) is 37.9 Å². The van der Waals surface area contributed by atoms with E-state index in [1.54, 1.807) is 0 Å². The molecule has 0 amide bonds. The summed E-state index contributed by atoms with van der Waals surface area (Å²) in [5, 5.41) is 2.88. The summed E-state index contributed by atoms with van der Waals surface area (Å²) in [5.41, 5.74) is 6.28. The summed E-state index contributed by atoms with van der Waals surface area (Å²) < 4.78 is 6.13. The lowest BCUT2D eigenvalue weighted by Crippen LogP contribution is -2.12. The number of aromatic nitrogens is 1. The number of benzene rings is 2. The van der Waals surface area contributed by atoms with E-state index in [1.807, 2.05) is 24.9 Å². The van der Waals surface area contributed by atoms with Gasteiger partial charge in [-0.1, -0.05) is 57.2 Å². The minimum atomic E-state index is 0.0518. The van der Waals surface area contributed by atoms with E-state index in [-0.39, 0.29) is 16.6 Å². The van der Waals surface area contributed by atoms with Crippen LogP contribution < -0.4 is 0 Å². The maximum atomic E-state index is 6.13. The van der Waals surface area contributed by atoms with Crippen LogP contribution >= 0.6 is 11.8 Å². The molecule has 2 aromatic heterocycles. The highest BCUT2D eigenvalue weighted by Gasteiger charge is 2.40. The Kier molecular flexibility index (Phi) is 4.04. The van der Waals surface area contributed by atoms with Crippen molar-refractivity contribution in [2.24, 2.45) is 0 Å². The van der Waals surface area contributed by atoms with Crippen LogP contribution in [0.5, 0.6) is 0 Å². The van der Waals surface area contributed by atoms with Gasteiger partial charge in [-0.3, -0.25) is 4.98 Å². The quantitative estimate of drug-likeness (QED) is 0.310. The van der Waals surface area contributed by atoms with Gasteiger partial charge in [0.2, 0.25) is 0 Å². The average molecular weight is 424 g/mol. The fourth-order valence-corrected chi connectivity index (χ4v) is 6.50. The number of fused-ring (bicyclic) bond motifs is 6. The summed E-state index contributed by atoms with van der Waals surface area (Å²) in [5.74, 6) is 2.37. The Bertz CT molecular complexity index is 1370. The van der Waals surface area contributed by atoms with Crippen LogP contribution in [0.1, 0.15) is 60.1 Å². The fourth-order valence-electron chi connectivity index (χ4n) is 5.07. The molecule has 6 rings (SSSR count). The minimum absolute atomic E-state index is 0.0518. The molecule has 3 heteroatoms. The zero-order valence-corrected chi connectivity index (χ0v) is 19.1. The van der Waals surface area contributed by atoms with Crippen LogP contribution in [0.15, 0.2) is 70.1 Å². The Morgan fingerprint density at radius 2 is 1.87 bits per heavy atom. The number of furan rings is 1. The summed E-state index contributed by atoms with van der Waals surface area (Å²) in [4.78, 5) is 6.24. The Morgan fingerprint density at radius 1 is 1.03 bits per heavy atom. The molecule has 0 N–H and O–H groups in total. The normalized spacial score (nSPS) is 19.4. The molecular weight excluding hydrogens is 398 g/mol. The van der Waals surface area contributed by atoms with Gasteiger partial charge in [0.25, 0.3) is 0 Å². The molecule has 0 saturated carbocycles. The maximum absolute atomic E-state index is 6.13. The topological polar surface area (TPSA) is 26.0 Å². The number of nitrogens with zero attached hydrogens (tertiary/aromatic N) is 1. The van der Waals surface area contributed by atoms with Gasteiger partial charge in [0.05, 0.1) is 10.9 Å². The van der Waals surface area contributed by atoms with Crippen molar-refractivity contribution < 1.29 is 4.42 Å². The Balaban J connectivity index is 1.56. The molecule has 3 heterocycles. The lowest BCUT2D eigenvalue weighted by molar-refractivity contribution is 0.471. The van der Waals surface area contributed by atoms with E-state index < -0.39 is 0 Å². The van der Waals surface area contributed by atoms with Gasteiger partial charge in [-0.15, -0.1) is 11.8 Å². The molecule has 0 fully saturated rings. The predicted octanol–water partition coefficient (Wildman–Crippen LogP) is 8.06. The maximum Gasteiger partial charge on any atom is 0.125 e. The minimum Gasteiger partial charge on any atom is -0.465 e. The summed E-state index contributed by atoms with van der Waals surface area (Å²) in [6.45, 7) is 8.90. The first-order valence-corrected chi connectivity index (χ1v) is 11.8. The van der Waals surface area contributed by atoms with E-state index in [9.17, 15) is 0 Å². The first-order chi connectivity index (χ1) is 14.9. The second-order valence-electron chi connectivity index (χ2n) is 9.67. The van der Waals surface area contributed by atoms with Crippen LogP contribution in [-0.2, 0) is 5.41 Å². The van der Waals surface area contributed by atoms with Crippen LogP contribution in [0.25, 0.3) is 28.1 Å². The standard InChI is InChI=1S/C28H25NOS/c1-16-13-18-9-10-21-24-23(31-27(21)26(18)30-16)11-12-29-25(24)19-14-17-7-5-6-8-20(17)22(15-19)28(2,3)4/h5-15,21,27H,1-4H3. The third-order valence-electron chi connectivity index (χ3n) is 6.46. The van der Waals surface area contributed by atoms with Crippen molar-refractivity contribution >= 4 is 28.6 Å². The van der Waals surface area contributed by atoms with Crippen molar-refractivity contribution in [3.05, 3.63) is 89.0 Å². The number of allylic oxidation sites excluding steroid dienone is 1. The number of rotatable bonds is 1. The smallest absolute Gasteiger partial charge is 0.125 e. The van der Waals surface area contributed by atoms with Gasteiger partial charge in [0.15, 0.2) is 0 Å². The molecule has 2 aromatic carbocycles. The molecule has 0 bridgehead atoms. The molecule has 2 atom stereocenters. The Labute approximate surface area is 187 Å². The van der Waals surface area contributed by atoms with Crippen LogP contribution in [0.3, 0.4) is 0 Å². The highest BCUT2D eigenvalue weighted by atomic mass is 32.2. The average Bonchev–Trinajstić information content (AvgIpc) is 3.31. The molecule has 0 saturated heterocycles. The van der Waals surface area contributed by atoms with Crippen LogP contribution in [0.2, 0.25) is 0 Å². The largest absolute Gasteiger partial charge is 0.465 e. The third-order valence-corrected chi connectivity index (χ3v) is 7.83. The predicted molar refractivity (Wildman–Crippen MR) is 130 cm³/mol. The van der Waals surface area contributed by atoms with Gasteiger partial charge in [-0.2, -0.15) is 0 Å². The first kappa shape index (κ1) is 18.9. The number of pyridine rings is 1. The van der Waals surface area contributed by atoms with Gasteiger partial charge >= 0.3 is 0 Å². The molecule has 2 unspecified atom stereocenters. The van der Waals surface area contributed by atoms with Crippen molar-refractivity contribution in [3.8, 4) is 11.3 Å². The van der Waals surface area contributed by atoms with Crippen LogP contribution in [-0.4, -0.2) is 4.98 Å². The number of hydrogen-bond acceptors (Lipinski definition) is 3. The van der Waals surface area contributed by atoms with Crippen molar-refractivity contribution in [1.82, 2.24) is 4.98 Å². The molecule has 31 heavy (non-hydrogen) atoms. The van der Waals surface area contributed by atoms with E-state index in [0.29, 0.717) is 0 Å². The highest BCUT2D eigenvalue weighted by Crippen LogP contribution is 2.59. The molecule has 0 radical (unpaired) electrons. The van der Waals surface area contributed by atoms with Crippen molar-refractivity contribution in [3.63, 3.8) is 0 Å². The van der Waals surface area contributed by atoms with Gasteiger partial charge in [-0.05, 0) is 52.9 Å². The SMILES string of the molecule is Cc1cc2c(o1)C1Sc3ccnc(-c4cc(C(C)(C)C)c5ccccc5c4)c3C1C=C2.